The van der Waals surface area contributed by atoms with Gasteiger partial charge in [-0.05, 0) is 53.1 Å². The van der Waals surface area contributed by atoms with Gasteiger partial charge in [0.05, 0.1) is 0 Å². The van der Waals surface area contributed by atoms with Gasteiger partial charge in [0.25, 0.3) is 0 Å². The number of ether oxygens (including phenoxy) is 2. The van der Waals surface area contributed by atoms with E-state index in [1.165, 1.54) is 6.26 Å². The van der Waals surface area contributed by atoms with Crippen molar-refractivity contribution in [2.45, 2.75) is 12.8 Å². The van der Waals surface area contributed by atoms with Gasteiger partial charge >= 0.3 is 0 Å². The third-order valence-corrected chi connectivity index (χ3v) is 3.54. The highest BCUT2D eigenvalue weighted by atomic mass is 127. The van der Waals surface area contributed by atoms with Crippen molar-refractivity contribution in [3.8, 4) is 0 Å². The van der Waals surface area contributed by atoms with E-state index in [0.29, 0.717) is 5.88 Å². The molecule has 0 bridgehead atoms. The summed E-state index contributed by atoms with van der Waals surface area (Å²) in [5, 5.41) is 3.10. The van der Waals surface area contributed by atoms with Crippen molar-refractivity contribution in [2.75, 3.05) is 5.32 Å². The summed E-state index contributed by atoms with van der Waals surface area (Å²) in [5.74, 6) is 2.00. The molecule has 0 fully saturated rings. The maximum atomic E-state index is 5.81. The normalized spacial score (nSPS) is 17.4. The number of aromatic nitrogens is 1. The van der Waals surface area contributed by atoms with Crippen LogP contribution in [0.5, 0.6) is 0 Å². The summed E-state index contributed by atoms with van der Waals surface area (Å²) in [5.41, 5.74) is 1.13. The second kappa shape index (κ2) is 6.13. The van der Waals surface area contributed by atoms with E-state index in [9.17, 15) is 0 Å². The molecule has 1 N–H and O–H groups in total. The molecule has 5 heteroatoms. The quantitative estimate of drug-likeness (QED) is 0.804. The number of halogens is 1. The molecule has 1 aromatic rings. The van der Waals surface area contributed by atoms with Gasteiger partial charge in [0.2, 0.25) is 5.88 Å². The van der Waals surface area contributed by atoms with Crippen LogP contribution in [0.4, 0.5) is 5.82 Å². The topological polar surface area (TPSA) is 43.4 Å². The number of nitrogens with one attached hydrogen (secondary N) is 1. The van der Waals surface area contributed by atoms with E-state index >= 15 is 0 Å². The number of nitrogens with zero attached hydrogens (tertiary/aromatic N) is 1. The minimum absolute atomic E-state index is 0.535. The molecule has 0 radical (unpaired) electrons. The van der Waals surface area contributed by atoms with E-state index in [2.05, 4.69) is 39.0 Å². The lowest BCUT2D eigenvalue weighted by Gasteiger charge is -2.19. The van der Waals surface area contributed by atoms with E-state index in [-0.39, 0.29) is 0 Å². The lowest BCUT2D eigenvalue weighted by Crippen LogP contribution is -2.10. The van der Waals surface area contributed by atoms with Crippen LogP contribution < -0.4 is 5.32 Å². The Morgan fingerprint density at radius 2 is 2.25 bits per heavy atom. The van der Waals surface area contributed by atoms with Crippen molar-refractivity contribution in [3.63, 3.8) is 0 Å². The summed E-state index contributed by atoms with van der Waals surface area (Å²) in [4.78, 5) is 4.23. The summed E-state index contributed by atoms with van der Waals surface area (Å²) in [6.45, 7) is 0. The van der Waals surface area contributed by atoms with Crippen LogP contribution in [0.2, 0.25) is 0 Å². The van der Waals surface area contributed by atoms with Crippen molar-refractivity contribution < 1.29 is 9.47 Å². The Balaban J connectivity index is 1.69. The van der Waals surface area contributed by atoms with E-state index in [4.69, 9.17) is 9.47 Å². The highest BCUT2D eigenvalue weighted by Gasteiger charge is 2.15. The summed E-state index contributed by atoms with van der Waals surface area (Å²) in [6, 6.07) is 3.87. The molecule has 0 amide bonds. The Labute approximate surface area is 131 Å². The van der Waals surface area contributed by atoms with Gasteiger partial charge in [-0.1, -0.05) is 18.2 Å². The first-order chi connectivity index (χ1) is 9.81. The molecule has 1 aliphatic heterocycles. The zero-order valence-electron chi connectivity index (χ0n) is 10.7. The van der Waals surface area contributed by atoms with Crippen molar-refractivity contribution >= 4 is 28.4 Å². The standard InChI is InChI=1S/C15H13IN2O2/c16-12-6-7-17-14(8-12)18-15-10-19-9-13(20-15)11-4-2-1-3-5-11/h1-2,4,6-10H,3,5H2,(H,17,18). The van der Waals surface area contributed by atoms with Gasteiger partial charge in [0, 0.05) is 9.77 Å². The lowest BCUT2D eigenvalue weighted by atomic mass is 10.0. The smallest absolute Gasteiger partial charge is 0.234 e. The molecular formula is C15H13IN2O2. The minimum atomic E-state index is 0.535. The number of rotatable bonds is 3. The van der Waals surface area contributed by atoms with Crippen LogP contribution in [0.3, 0.4) is 0 Å². The molecule has 0 aromatic carbocycles. The van der Waals surface area contributed by atoms with Crippen molar-refractivity contribution in [3.05, 3.63) is 69.9 Å². The van der Waals surface area contributed by atoms with Crippen molar-refractivity contribution in [1.29, 1.82) is 0 Å². The third kappa shape index (κ3) is 3.22. The van der Waals surface area contributed by atoms with Gasteiger partial charge < -0.3 is 14.8 Å². The number of allylic oxidation sites excluding steroid dienone is 4. The number of hydrogen-bond donors (Lipinski definition) is 1. The fourth-order valence-electron chi connectivity index (χ4n) is 1.93. The van der Waals surface area contributed by atoms with E-state index in [1.54, 1.807) is 12.5 Å². The van der Waals surface area contributed by atoms with Crippen LogP contribution >= 0.6 is 22.6 Å². The monoisotopic (exact) mass is 380 g/mol. The molecule has 4 nitrogen and oxygen atoms in total. The molecule has 1 aliphatic carbocycles. The molecule has 2 aliphatic rings. The van der Waals surface area contributed by atoms with Crippen LogP contribution in [0, 0.1) is 3.57 Å². The second-order valence-electron chi connectivity index (χ2n) is 4.35. The zero-order chi connectivity index (χ0) is 13.8. The number of hydrogen-bond acceptors (Lipinski definition) is 4. The predicted octanol–water partition coefficient (Wildman–Crippen LogP) is 4.06. The van der Waals surface area contributed by atoms with Gasteiger partial charge in [-0.2, -0.15) is 0 Å². The Bertz CT molecular complexity index is 633. The van der Waals surface area contributed by atoms with Gasteiger partial charge in [-0.15, -0.1) is 0 Å². The van der Waals surface area contributed by atoms with Gasteiger partial charge in [-0.3, -0.25) is 0 Å². The molecule has 0 atom stereocenters. The number of pyridine rings is 1. The SMILES string of the molecule is Ic1ccnc(NC2=COC=C(C3=CC=CCC3)O2)c1. The van der Waals surface area contributed by atoms with E-state index in [0.717, 1.165) is 33.6 Å². The van der Waals surface area contributed by atoms with Crippen LogP contribution in [-0.2, 0) is 9.47 Å². The highest BCUT2D eigenvalue weighted by molar-refractivity contribution is 14.1. The Morgan fingerprint density at radius 1 is 1.30 bits per heavy atom. The molecule has 20 heavy (non-hydrogen) atoms. The van der Waals surface area contributed by atoms with Gasteiger partial charge in [-0.25, -0.2) is 4.98 Å². The Kier molecular flexibility index (Phi) is 4.05. The Morgan fingerprint density at radius 3 is 3.05 bits per heavy atom. The van der Waals surface area contributed by atoms with Crippen molar-refractivity contribution in [2.24, 2.45) is 0 Å². The molecule has 2 heterocycles. The first kappa shape index (κ1) is 13.2. The molecule has 0 saturated heterocycles. The summed E-state index contributed by atoms with van der Waals surface area (Å²) in [7, 11) is 0. The predicted molar refractivity (Wildman–Crippen MR) is 85.4 cm³/mol. The fourth-order valence-corrected chi connectivity index (χ4v) is 2.38. The van der Waals surface area contributed by atoms with Crippen LogP contribution in [0.25, 0.3) is 0 Å². The maximum Gasteiger partial charge on any atom is 0.234 e. The summed E-state index contributed by atoms with van der Waals surface area (Å²) in [6.07, 6.45) is 13.1. The van der Waals surface area contributed by atoms with Gasteiger partial charge in [0.1, 0.15) is 12.1 Å². The average Bonchev–Trinajstić information content (AvgIpc) is 2.48. The molecular weight excluding hydrogens is 367 g/mol. The lowest BCUT2D eigenvalue weighted by molar-refractivity contribution is 0.233. The third-order valence-electron chi connectivity index (χ3n) is 2.87. The molecule has 0 spiro atoms. The summed E-state index contributed by atoms with van der Waals surface area (Å²) >= 11 is 2.24. The Hall–Kier alpha value is -1.76. The summed E-state index contributed by atoms with van der Waals surface area (Å²) < 4.78 is 12.3. The molecule has 0 unspecified atom stereocenters. The van der Waals surface area contributed by atoms with Crippen LogP contribution in [-0.4, -0.2) is 4.98 Å². The largest absolute Gasteiger partial charge is 0.463 e. The molecule has 3 rings (SSSR count). The fraction of sp³-hybridized carbons (Fsp3) is 0.133. The highest BCUT2D eigenvalue weighted by Crippen LogP contribution is 2.26. The van der Waals surface area contributed by atoms with Crippen LogP contribution in [0.15, 0.2) is 66.3 Å². The minimum Gasteiger partial charge on any atom is -0.463 e. The first-order valence-electron chi connectivity index (χ1n) is 6.29. The van der Waals surface area contributed by atoms with Crippen LogP contribution in [0.1, 0.15) is 12.8 Å². The molecule has 1 aromatic heterocycles. The number of anilines is 1. The second-order valence-corrected chi connectivity index (χ2v) is 5.59. The molecule has 0 saturated carbocycles. The van der Waals surface area contributed by atoms with Crippen molar-refractivity contribution in [1.82, 2.24) is 4.98 Å². The van der Waals surface area contributed by atoms with E-state index < -0.39 is 0 Å². The zero-order valence-corrected chi connectivity index (χ0v) is 12.8. The first-order valence-corrected chi connectivity index (χ1v) is 7.37. The van der Waals surface area contributed by atoms with E-state index in [1.807, 2.05) is 24.3 Å². The van der Waals surface area contributed by atoms with Gasteiger partial charge in [0.15, 0.2) is 12.0 Å². The maximum absolute atomic E-state index is 5.81. The average molecular weight is 380 g/mol. The molecule has 102 valence electrons.